The summed E-state index contributed by atoms with van der Waals surface area (Å²) in [5.74, 6) is 0.581. The Morgan fingerprint density at radius 2 is 2.22 bits per heavy atom. The van der Waals surface area contributed by atoms with Crippen molar-refractivity contribution in [2.45, 2.75) is 26.2 Å². The molecule has 1 N–H and O–H groups in total. The van der Waals surface area contributed by atoms with Crippen molar-refractivity contribution < 1.29 is 0 Å². The number of rotatable bonds is 5. The van der Waals surface area contributed by atoms with Crippen LogP contribution in [0.3, 0.4) is 0 Å². The molecule has 0 spiro atoms. The molecule has 2 heterocycles. The highest BCUT2D eigenvalue weighted by atomic mass is 14.9. The molecule has 0 fully saturated rings. The summed E-state index contributed by atoms with van der Waals surface area (Å²) in [7, 11) is 0. The van der Waals surface area contributed by atoms with E-state index in [2.05, 4.69) is 35.4 Å². The van der Waals surface area contributed by atoms with Gasteiger partial charge in [0.05, 0.1) is 0 Å². The lowest BCUT2D eigenvalue weighted by molar-refractivity contribution is 0.521. The van der Waals surface area contributed by atoms with Gasteiger partial charge < -0.3 is 5.32 Å². The zero-order valence-electron chi connectivity index (χ0n) is 10.8. The van der Waals surface area contributed by atoms with E-state index in [-0.39, 0.29) is 0 Å². The van der Waals surface area contributed by atoms with Crippen LogP contribution in [0.4, 0.5) is 0 Å². The van der Waals surface area contributed by atoms with Crippen LogP contribution in [0.5, 0.6) is 0 Å². The normalized spacial score (nSPS) is 15.7. The summed E-state index contributed by atoms with van der Waals surface area (Å²) in [4.78, 5) is 4.16. The molecule has 0 aliphatic carbocycles. The Morgan fingerprint density at radius 1 is 1.28 bits per heavy atom. The second kappa shape index (κ2) is 6.80. The minimum Gasteiger partial charge on any atom is -0.365 e. The topological polar surface area (TPSA) is 24.9 Å². The summed E-state index contributed by atoms with van der Waals surface area (Å²) in [6, 6.07) is 4.15. The molecule has 0 amide bonds. The minimum absolute atomic E-state index is 0.581. The van der Waals surface area contributed by atoms with Gasteiger partial charge in [0.2, 0.25) is 0 Å². The Kier molecular flexibility index (Phi) is 4.77. The van der Waals surface area contributed by atoms with E-state index in [1.807, 2.05) is 36.8 Å². The van der Waals surface area contributed by atoms with Gasteiger partial charge in [-0.25, -0.2) is 0 Å². The third-order valence-electron chi connectivity index (χ3n) is 3.28. The number of aryl methyl sites for hydroxylation is 1. The molecule has 1 atom stereocenters. The molecule has 1 aromatic heterocycles. The molecule has 2 heteroatoms. The Bertz CT molecular complexity index is 443. The first-order chi connectivity index (χ1) is 8.90. The first-order valence-electron chi connectivity index (χ1n) is 6.59. The van der Waals surface area contributed by atoms with Gasteiger partial charge in [0.25, 0.3) is 0 Å². The van der Waals surface area contributed by atoms with Gasteiger partial charge in [-0.15, -0.1) is 0 Å². The van der Waals surface area contributed by atoms with E-state index >= 15 is 0 Å². The zero-order valence-corrected chi connectivity index (χ0v) is 10.8. The Balaban J connectivity index is 1.95. The maximum Gasteiger partial charge on any atom is 0.0299 e. The highest BCUT2D eigenvalue weighted by Gasteiger charge is 2.11. The van der Waals surface area contributed by atoms with Gasteiger partial charge in [-0.1, -0.05) is 25.1 Å². The van der Waals surface area contributed by atoms with Crippen LogP contribution in [0.25, 0.3) is 0 Å². The van der Waals surface area contributed by atoms with Crippen LogP contribution in [-0.4, -0.2) is 4.98 Å². The third kappa shape index (κ3) is 3.59. The molecular weight excluding hydrogens is 220 g/mol. The number of aromatic nitrogens is 1. The number of hydrogen-bond donors (Lipinski definition) is 1. The van der Waals surface area contributed by atoms with Gasteiger partial charge in [0.1, 0.15) is 0 Å². The van der Waals surface area contributed by atoms with Gasteiger partial charge >= 0.3 is 0 Å². The number of allylic oxidation sites excluding steroid dienone is 5. The first kappa shape index (κ1) is 12.6. The van der Waals surface area contributed by atoms with Crippen LogP contribution in [0.15, 0.2) is 60.7 Å². The van der Waals surface area contributed by atoms with Crippen LogP contribution < -0.4 is 5.32 Å². The maximum atomic E-state index is 4.16. The van der Waals surface area contributed by atoms with E-state index in [1.54, 1.807) is 0 Å². The Hall–Kier alpha value is -1.83. The molecule has 18 heavy (non-hydrogen) atoms. The molecule has 94 valence electrons. The number of nitrogens with zero attached hydrogens (tertiary/aromatic N) is 1. The van der Waals surface area contributed by atoms with Crippen molar-refractivity contribution in [2.24, 2.45) is 5.92 Å². The van der Waals surface area contributed by atoms with Gasteiger partial charge in [-0.2, -0.15) is 0 Å². The summed E-state index contributed by atoms with van der Waals surface area (Å²) in [6.45, 7) is 2.24. The molecule has 0 saturated heterocycles. The maximum absolute atomic E-state index is 4.16. The lowest BCUT2D eigenvalue weighted by atomic mass is 9.94. The highest BCUT2D eigenvalue weighted by molar-refractivity contribution is 5.23. The molecule has 1 aliphatic rings. The van der Waals surface area contributed by atoms with Crippen molar-refractivity contribution in [1.29, 1.82) is 0 Å². The summed E-state index contributed by atoms with van der Waals surface area (Å²) >= 11 is 0. The quantitative estimate of drug-likeness (QED) is 0.850. The fourth-order valence-electron chi connectivity index (χ4n) is 2.19. The monoisotopic (exact) mass is 240 g/mol. The van der Waals surface area contributed by atoms with E-state index in [1.165, 1.54) is 11.3 Å². The SMILES string of the molecule is CCC(CCc1cccnc1)C1=CC=CC=CN1. The van der Waals surface area contributed by atoms with Gasteiger partial charge in [0.15, 0.2) is 0 Å². The molecule has 2 nitrogen and oxygen atoms in total. The summed E-state index contributed by atoms with van der Waals surface area (Å²) < 4.78 is 0. The molecule has 2 rings (SSSR count). The third-order valence-corrected chi connectivity index (χ3v) is 3.28. The second-order valence-corrected chi connectivity index (χ2v) is 4.52. The molecule has 1 unspecified atom stereocenters. The minimum atomic E-state index is 0.581. The fourth-order valence-corrected chi connectivity index (χ4v) is 2.19. The van der Waals surface area contributed by atoms with Crippen LogP contribution in [-0.2, 0) is 6.42 Å². The predicted molar refractivity (Wildman–Crippen MR) is 75.8 cm³/mol. The molecule has 0 saturated carbocycles. The van der Waals surface area contributed by atoms with Crippen molar-refractivity contribution in [3.05, 3.63) is 66.3 Å². The van der Waals surface area contributed by atoms with Crippen LogP contribution in [0, 0.1) is 5.92 Å². The molecule has 0 radical (unpaired) electrons. The summed E-state index contributed by atoms with van der Waals surface area (Å²) in [6.07, 6.45) is 17.5. The zero-order chi connectivity index (χ0) is 12.6. The average Bonchev–Trinajstić information content (AvgIpc) is 2.70. The van der Waals surface area contributed by atoms with Crippen molar-refractivity contribution in [3.8, 4) is 0 Å². The van der Waals surface area contributed by atoms with Crippen LogP contribution in [0.2, 0.25) is 0 Å². The summed E-state index contributed by atoms with van der Waals surface area (Å²) in [5.41, 5.74) is 2.63. The van der Waals surface area contributed by atoms with E-state index in [0.717, 1.165) is 19.3 Å². The van der Waals surface area contributed by atoms with E-state index in [4.69, 9.17) is 0 Å². The predicted octanol–water partition coefficient (Wildman–Crippen LogP) is 3.60. The van der Waals surface area contributed by atoms with Crippen molar-refractivity contribution in [2.75, 3.05) is 0 Å². The molecule has 1 aliphatic heterocycles. The Morgan fingerprint density at radius 3 is 3.00 bits per heavy atom. The fraction of sp³-hybridized carbons (Fsp3) is 0.312. The first-order valence-corrected chi connectivity index (χ1v) is 6.59. The second-order valence-electron chi connectivity index (χ2n) is 4.52. The van der Waals surface area contributed by atoms with Crippen molar-refractivity contribution >= 4 is 0 Å². The van der Waals surface area contributed by atoms with E-state index in [0.29, 0.717) is 5.92 Å². The lowest BCUT2D eigenvalue weighted by Gasteiger charge is -2.18. The average molecular weight is 240 g/mol. The molecular formula is C16H20N2. The number of hydrogen-bond acceptors (Lipinski definition) is 2. The number of nitrogens with one attached hydrogen (secondary N) is 1. The highest BCUT2D eigenvalue weighted by Crippen LogP contribution is 2.20. The Labute approximate surface area is 109 Å². The van der Waals surface area contributed by atoms with Crippen LogP contribution >= 0.6 is 0 Å². The molecule has 0 bridgehead atoms. The van der Waals surface area contributed by atoms with Crippen molar-refractivity contribution in [1.82, 2.24) is 10.3 Å². The van der Waals surface area contributed by atoms with E-state index < -0.39 is 0 Å². The standard InChI is InChI=1S/C16H20N2/c1-2-15(16-8-4-3-5-12-18-16)10-9-14-7-6-11-17-13-14/h3-8,11-13,15,18H,2,9-10H2,1H3. The van der Waals surface area contributed by atoms with Gasteiger partial charge in [-0.05, 0) is 49.0 Å². The largest absolute Gasteiger partial charge is 0.365 e. The lowest BCUT2D eigenvalue weighted by Crippen LogP contribution is -2.15. The molecule has 0 aromatic carbocycles. The summed E-state index contributed by atoms with van der Waals surface area (Å²) in [5, 5.41) is 3.37. The van der Waals surface area contributed by atoms with Crippen molar-refractivity contribution in [3.63, 3.8) is 0 Å². The van der Waals surface area contributed by atoms with Gasteiger partial charge in [-0.3, -0.25) is 4.98 Å². The number of pyridine rings is 1. The van der Waals surface area contributed by atoms with Gasteiger partial charge in [0, 0.05) is 24.3 Å². The molecule has 1 aromatic rings. The van der Waals surface area contributed by atoms with Crippen LogP contribution in [0.1, 0.15) is 25.3 Å². The smallest absolute Gasteiger partial charge is 0.0299 e. The van der Waals surface area contributed by atoms with E-state index in [9.17, 15) is 0 Å².